The van der Waals surface area contributed by atoms with Gasteiger partial charge in [0.05, 0.1) is 6.61 Å². The van der Waals surface area contributed by atoms with E-state index in [0.717, 1.165) is 58.4 Å². The number of carbonyl (C=O) groups is 1. The van der Waals surface area contributed by atoms with E-state index in [9.17, 15) is 4.79 Å². The molecule has 0 aromatic carbocycles. The van der Waals surface area contributed by atoms with Crippen LogP contribution in [0.3, 0.4) is 0 Å². The van der Waals surface area contributed by atoms with Gasteiger partial charge in [-0.25, -0.2) is 0 Å². The molecular formula is C14H28N2O2. The molecule has 18 heavy (non-hydrogen) atoms. The Morgan fingerprint density at radius 1 is 1.22 bits per heavy atom. The van der Waals surface area contributed by atoms with Gasteiger partial charge in [0, 0.05) is 38.6 Å². The van der Waals surface area contributed by atoms with Crippen LogP contribution >= 0.6 is 0 Å². The molecule has 1 heterocycles. The van der Waals surface area contributed by atoms with Gasteiger partial charge >= 0.3 is 0 Å². The van der Waals surface area contributed by atoms with Crippen LogP contribution in [0.15, 0.2) is 0 Å². The highest BCUT2D eigenvalue weighted by atomic mass is 16.3. The van der Waals surface area contributed by atoms with Gasteiger partial charge in [-0.1, -0.05) is 26.7 Å². The number of piperazine rings is 1. The largest absolute Gasteiger partial charge is 0.395 e. The molecule has 106 valence electrons. The normalized spacial score (nSPS) is 18.9. The zero-order valence-electron chi connectivity index (χ0n) is 11.9. The van der Waals surface area contributed by atoms with E-state index in [4.69, 9.17) is 5.11 Å². The molecule has 1 N–H and O–H groups in total. The predicted octanol–water partition coefficient (Wildman–Crippen LogP) is 1.34. The van der Waals surface area contributed by atoms with Crippen LogP contribution in [0.2, 0.25) is 0 Å². The lowest BCUT2D eigenvalue weighted by Crippen LogP contribution is -2.50. The van der Waals surface area contributed by atoms with Crippen LogP contribution in [0.25, 0.3) is 0 Å². The third-order valence-electron chi connectivity index (χ3n) is 3.85. The van der Waals surface area contributed by atoms with Gasteiger partial charge in [0.2, 0.25) is 5.91 Å². The minimum absolute atomic E-state index is 0.210. The van der Waals surface area contributed by atoms with Gasteiger partial charge in [-0.05, 0) is 12.8 Å². The van der Waals surface area contributed by atoms with Crippen molar-refractivity contribution in [3.05, 3.63) is 0 Å². The summed E-state index contributed by atoms with van der Waals surface area (Å²) in [6, 6.07) is 0. The fraction of sp³-hybridized carbons (Fsp3) is 0.929. The van der Waals surface area contributed by atoms with E-state index >= 15 is 0 Å². The van der Waals surface area contributed by atoms with E-state index in [1.54, 1.807) is 0 Å². The van der Waals surface area contributed by atoms with Crippen molar-refractivity contribution in [1.29, 1.82) is 0 Å². The average molecular weight is 256 g/mol. The maximum atomic E-state index is 12.4. The first-order valence-electron chi connectivity index (χ1n) is 7.34. The van der Waals surface area contributed by atoms with Crippen molar-refractivity contribution in [2.24, 2.45) is 5.92 Å². The Morgan fingerprint density at radius 2 is 1.89 bits per heavy atom. The average Bonchev–Trinajstić information content (AvgIpc) is 2.40. The van der Waals surface area contributed by atoms with Crippen LogP contribution in [0.1, 0.15) is 39.5 Å². The van der Waals surface area contributed by atoms with Gasteiger partial charge in [0.1, 0.15) is 0 Å². The first-order valence-corrected chi connectivity index (χ1v) is 7.34. The predicted molar refractivity (Wildman–Crippen MR) is 73.4 cm³/mol. The SMILES string of the molecule is CCCCC(CC)C(=O)N1CCN(CCO)CC1. The Labute approximate surface area is 111 Å². The van der Waals surface area contributed by atoms with Crippen molar-refractivity contribution in [3.8, 4) is 0 Å². The maximum Gasteiger partial charge on any atom is 0.225 e. The molecule has 1 aliphatic heterocycles. The van der Waals surface area contributed by atoms with Crippen molar-refractivity contribution in [2.75, 3.05) is 39.3 Å². The molecule has 1 atom stereocenters. The summed E-state index contributed by atoms with van der Waals surface area (Å²) in [5.41, 5.74) is 0. The van der Waals surface area contributed by atoms with Crippen LogP contribution in [0.4, 0.5) is 0 Å². The number of β-amino-alcohol motifs (C(OH)–C–C–N with tert-alkyl or cyclic N) is 1. The number of rotatable bonds is 7. The van der Waals surface area contributed by atoms with Crippen molar-refractivity contribution in [1.82, 2.24) is 9.80 Å². The van der Waals surface area contributed by atoms with E-state index in [-0.39, 0.29) is 12.5 Å². The van der Waals surface area contributed by atoms with Gasteiger partial charge in [-0.15, -0.1) is 0 Å². The molecule has 1 fully saturated rings. The first-order chi connectivity index (χ1) is 8.72. The van der Waals surface area contributed by atoms with Gasteiger partial charge in [-0.3, -0.25) is 9.69 Å². The topological polar surface area (TPSA) is 43.8 Å². The molecule has 1 saturated heterocycles. The lowest BCUT2D eigenvalue weighted by Gasteiger charge is -2.36. The van der Waals surface area contributed by atoms with Gasteiger partial charge in [0.15, 0.2) is 0 Å². The molecule has 0 aromatic rings. The van der Waals surface area contributed by atoms with Crippen LogP contribution in [0.5, 0.6) is 0 Å². The number of hydrogen-bond acceptors (Lipinski definition) is 3. The molecule has 0 bridgehead atoms. The Morgan fingerprint density at radius 3 is 2.39 bits per heavy atom. The van der Waals surface area contributed by atoms with Crippen molar-refractivity contribution < 1.29 is 9.90 Å². The minimum atomic E-state index is 0.210. The standard InChI is InChI=1S/C14H28N2O2/c1-3-5-6-13(4-2)14(18)16-9-7-15(8-10-16)11-12-17/h13,17H,3-12H2,1-2H3. The zero-order chi connectivity index (χ0) is 13.4. The zero-order valence-corrected chi connectivity index (χ0v) is 11.9. The number of carbonyl (C=O) groups excluding carboxylic acids is 1. The fourth-order valence-corrected chi connectivity index (χ4v) is 2.54. The molecular weight excluding hydrogens is 228 g/mol. The Hall–Kier alpha value is -0.610. The number of nitrogens with zero attached hydrogens (tertiary/aromatic N) is 2. The highest BCUT2D eigenvalue weighted by Gasteiger charge is 2.25. The van der Waals surface area contributed by atoms with Crippen LogP contribution in [0, 0.1) is 5.92 Å². The minimum Gasteiger partial charge on any atom is -0.395 e. The van der Waals surface area contributed by atoms with E-state index in [0.29, 0.717) is 5.91 Å². The first kappa shape index (κ1) is 15.4. The summed E-state index contributed by atoms with van der Waals surface area (Å²) >= 11 is 0. The van der Waals surface area contributed by atoms with Crippen LogP contribution < -0.4 is 0 Å². The van der Waals surface area contributed by atoms with E-state index < -0.39 is 0 Å². The number of unbranched alkanes of at least 4 members (excludes halogenated alkanes) is 1. The van der Waals surface area contributed by atoms with Gasteiger partial charge in [0.25, 0.3) is 0 Å². The van der Waals surface area contributed by atoms with Crippen molar-refractivity contribution in [3.63, 3.8) is 0 Å². The molecule has 0 aliphatic carbocycles. The van der Waals surface area contributed by atoms with E-state index in [1.807, 2.05) is 4.90 Å². The number of hydrogen-bond donors (Lipinski definition) is 1. The Kier molecular flexibility index (Phi) is 7.28. The number of aliphatic hydroxyl groups excluding tert-OH is 1. The monoisotopic (exact) mass is 256 g/mol. The fourth-order valence-electron chi connectivity index (χ4n) is 2.54. The summed E-state index contributed by atoms with van der Waals surface area (Å²) in [4.78, 5) is 16.6. The lowest BCUT2D eigenvalue weighted by molar-refractivity contribution is -0.137. The Bertz CT molecular complexity index is 238. The van der Waals surface area contributed by atoms with E-state index in [2.05, 4.69) is 18.7 Å². The molecule has 0 spiro atoms. The van der Waals surface area contributed by atoms with Crippen molar-refractivity contribution >= 4 is 5.91 Å². The smallest absolute Gasteiger partial charge is 0.225 e. The quantitative estimate of drug-likeness (QED) is 0.747. The van der Waals surface area contributed by atoms with Crippen molar-refractivity contribution in [2.45, 2.75) is 39.5 Å². The second-order valence-corrected chi connectivity index (χ2v) is 5.14. The summed E-state index contributed by atoms with van der Waals surface area (Å²) in [6.07, 6.45) is 4.29. The van der Waals surface area contributed by atoms with E-state index in [1.165, 1.54) is 0 Å². The summed E-state index contributed by atoms with van der Waals surface area (Å²) in [7, 11) is 0. The van der Waals surface area contributed by atoms with Crippen LogP contribution in [-0.4, -0.2) is 60.1 Å². The molecule has 0 aromatic heterocycles. The molecule has 1 unspecified atom stereocenters. The molecule has 0 saturated carbocycles. The third-order valence-corrected chi connectivity index (χ3v) is 3.85. The Balaban J connectivity index is 2.37. The molecule has 4 nitrogen and oxygen atoms in total. The summed E-state index contributed by atoms with van der Waals surface area (Å²) < 4.78 is 0. The molecule has 4 heteroatoms. The second kappa shape index (κ2) is 8.48. The maximum absolute atomic E-state index is 12.4. The van der Waals surface area contributed by atoms with Gasteiger partial charge < -0.3 is 10.0 Å². The summed E-state index contributed by atoms with van der Waals surface area (Å²) in [5, 5.41) is 8.89. The lowest BCUT2D eigenvalue weighted by atomic mass is 9.97. The molecule has 1 aliphatic rings. The van der Waals surface area contributed by atoms with Crippen LogP contribution in [-0.2, 0) is 4.79 Å². The molecule has 1 amide bonds. The number of amides is 1. The van der Waals surface area contributed by atoms with Gasteiger partial charge in [-0.2, -0.15) is 0 Å². The summed E-state index contributed by atoms with van der Waals surface area (Å²) in [5.74, 6) is 0.559. The number of aliphatic hydroxyl groups is 1. The molecule has 0 radical (unpaired) electrons. The third kappa shape index (κ3) is 4.58. The second-order valence-electron chi connectivity index (χ2n) is 5.14. The highest BCUT2D eigenvalue weighted by molar-refractivity contribution is 5.78. The summed E-state index contributed by atoms with van der Waals surface area (Å²) in [6.45, 7) is 8.66. The molecule has 1 rings (SSSR count). The highest BCUT2D eigenvalue weighted by Crippen LogP contribution is 2.17.